The smallest absolute Gasteiger partial charge is 0.382 e. The summed E-state index contributed by atoms with van der Waals surface area (Å²) in [6.45, 7) is 0. The molecule has 4 N–H and O–H groups in total. The van der Waals surface area contributed by atoms with E-state index in [1.165, 1.54) is 12.1 Å². The second-order valence-electron chi connectivity index (χ2n) is 3.72. The number of hydrazone groups is 1. The van der Waals surface area contributed by atoms with Gasteiger partial charge in [0.1, 0.15) is 6.07 Å². The number of para-hydroxylation sites is 1. The molecule has 0 saturated carbocycles. The van der Waals surface area contributed by atoms with Crippen LogP contribution in [0.25, 0.3) is 0 Å². The molecule has 0 radical (unpaired) electrons. The maximum atomic E-state index is 13.3. The first-order valence-corrected chi connectivity index (χ1v) is 5.23. The summed E-state index contributed by atoms with van der Waals surface area (Å²) in [4.78, 5) is 0. The van der Waals surface area contributed by atoms with Crippen molar-refractivity contribution in [3.05, 3.63) is 29.8 Å². The maximum absolute atomic E-state index is 13.3. The Bertz CT molecular complexity index is 614. The van der Waals surface area contributed by atoms with Crippen LogP contribution in [0, 0.1) is 16.7 Å². The van der Waals surface area contributed by atoms with E-state index in [4.69, 9.17) is 16.4 Å². The molecule has 0 aliphatic rings. The van der Waals surface area contributed by atoms with Crippen LogP contribution in [0.2, 0.25) is 0 Å². The first-order chi connectivity index (χ1) is 9.61. The fraction of sp³-hybridized carbons (Fsp3) is 0.182. The normalized spacial score (nSPS) is 12.7. The van der Waals surface area contributed by atoms with Crippen LogP contribution in [0.1, 0.15) is 5.56 Å². The topological polar surface area (TPSA) is 98.0 Å². The Hall–Kier alpha value is -2.70. The lowest BCUT2D eigenvalue weighted by Crippen LogP contribution is -2.34. The van der Waals surface area contributed by atoms with E-state index in [2.05, 4.69) is 5.10 Å². The van der Waals surface area contributed by atoms with Gasteiger partial charge in [0.2, 0.25) is 5.71 Å². The minimum Gasteiger partial charge on any atom is -0.382 e. The summed E-state index contributed by atoms with van der Waals surface area (Å²) in [5, 5.41) is 18.7. The number of benzene rings is 1. The van der Waals surface area contributed by atoms with Gasteiger partial charge in [-0.05, 0) is 6.07 Å². The number of nitrogens with two attached hydrogens (primary N) is 1. The average molecular weight is 305 g/mol. The van der Waals surface area contributed by atoms with Crippen molar-refractivity contribution < 1.29 is 22.0 Å². The Balaban J connectivity index is 3.24. The average Bonchev–Trinajstić information content (AvgIpc) is 2.38. The summed E-state index contributed by atoms with van der Waals surface area (Å²) >= 11 is 0. The van der Waals surface area contributed by atoms with Gasteiger partial charge in [-0.3, -0.25) is 10.8 Å². The monoisotopic (exact) mass is 305 g/mol. The van der Waals surface area contributed by atoms with E-state index in [1.54, 1.807) is 0 Å². The predicted molar refractivity (Wildman–Crippen MR) is 65.0 cm³/mol. The standard InChI is InChI=1S/C11H8F5N5/c12-10(13,11(14,15)16)6-3-1-2-4-7(6)20-21-8(5-17)9(18)19/h1-4,20H,(H3,18,19)/b21-8+. The van der Waals surface area contributed by atoms with Crippen LogP contribution in [-0.4, -0.2) is 17.7 Å². The zero-order valence-electron chi connectivity index (χ0n) is 10.2. The van der Waals surface area contributed by atoms with Gasteiger partial charge in [-0.15, -0.1) is 0 Å². The van der Waals surface area contributed by atoms with E-state index in [-0.39, 0.29) is 0 Å². The van der Waals surface area contributed by atoms with Crippen molar-refractivity contribution in [3.8, 4) is 6.07 Å². The third kappa shape index (κ3) is 3.44. The predicted octanol–water partition coefficient (Wildman–Crippen LogP) is 2.57. The van der Waals surface area contributed by atoms with Gasteiger partial charge in [-0.2, -0.15) is 32.3 Å². The van der Waals surface area contributed by atoms with Gasteiger partial charge in [-0.25, -0.2) is 0 Å². The molecule has 10 heteroatoms. The van der Waals surface area contributed by atoms with Gasteiger partial charge in [-0.1, -0.05) is 18.2 Å². The highest BCUT2D eigenvalue weighted by molar-refractivity contribution is 6.45. The summed E-state index contributed by atoms with van der Waals surface area (Å²) in [7, 11) is 0. The molecular weight excluding hydrogens is 297 g/mol. The van der Waals surface area contributed by atoms with Gasteiger partial charge in [0, 0.05) is 0 Å². The van der Waals surface area contributed by atoms with E-state index in [0.717, 1.165) is 12.1 Å². The summed E-state index contributed by atoms with van der Waals surface area (Å²) in [6.07, 6.45) is -5.78. The molecule has 1 rings (SSSR count). The quantitative estimate of drug-likeness (QED) is 0.345. The fourth-order valence-electron chi connectivity index (χ4n) is 1.27. The number of hydrogen-bond acceptors (Lipinski definition) is 4. The molecule has 0 aliphatic carbocycles. The fourth-order valence-corrected chi connectivity index (χ4v) is 1.27. The summed E-state index contributed by atoms with van der Waals surface area (Å²) in [6, 6.07) is 5.09. The summed E-state index contributed by atoms with van der Waals surface area (Å²) in [5.41, 5.74) is 4.18. The zero-order valence-corrected chi connectivity index (χ0v) is 10.2. The SMILES string of the molecule is N#C/C(=N\Nc1ccccc1C(F)(F)C(F)(F)F)C(=N)N. The molecule has 0 heterocycles. The largest absolute Gasteiger partial charge is 0.458 e. The zero-order chi connectivity index (χ0) is 16.3. The molecule has 0 bridgehead atoms. The molecule has 0 atom stereocenters. The number of hydrogen-bond donors (Lipinski definition) is 3. The molecule has 0 amide bonds. The lowest BCUT2D eigenvalue weighted by atomic mass is 10.1. The number of nitrogens with zero attached hydrogens (tertiary/aromatic N) is 2. The van der Waals surface area contributed by atoms with Crippen molar-refractivity contribution in [2.24, 2.45) is 10.8 Å². The molecule has 0 saturated heterocycles. The molecule has 112 valence electrons. The Morgan fingerprint density at radius 1 is 1.24 bits per heavy atom. The third-order valence-corrected chi connectivity index (χ3v) is 2.27. The number of rotatable bonds is 4. The van der Waals surface area contributed by atoms with Crippen molar-refractivity contribution in [1.29, 1.82) is 10.7 Å². The minimum absolute atomic E-state index is 0.575. The number of alkyl halides is 5. The van der Waals surface area contributed by atoms with E-state index in [0.29, 0.717) is 6.07 Å². The number of nitrogens with one attached hydrogen (secondary N) is 2. The Morgan fingerprint density at radius 3 is 2.29 bits per heavy atom. The van der Waals surface area contributed by atoms with Gasteiger partial charge in [0.25, 0.3) is 0 Å². The Labute approximate surface area is 115 Å². The molecule has 0 aliphatic heterocycles. The molecule has 1 aromatic rings. The first kappa shape index (κ1) is 16.4. The molecule has 1 aromatic carbocycles. The number of halogens is 5. The molecule has 21 heavy (non-hydrogen) atoms. The number of amidine groups is 1. The molecule has 5 nitrogen and oxygen atoms in total. The highest BCUT2D eigenvalue weighted by Gasteiger charge is 2.59. The van der Waals surface area contributed by atoms with Crippen LogP contribution in [0.15, 0.2) is 29.4 Å². The lowest BCUT2D eigenvalue weighted by Gasteiger charge is -2.22. The van der Waals surface area contributed by atoms with E-state index >= 15 is 0 Å². The molecular formula is C11H8F5N5. The second-order valence-corrected chi connectivity index (χ2v) is 3.72. The van der Waals surface area contributed by atoms with E-state index in [1.807, 2.05) is 5.43 Å². The van der Waals surface area contributed by atoms with Crippen LogP contribution in [-0.2, 0) is 5.92 Å². The van der Waals surface area contributed by atoms with Crippen molar-refractivity contribution in [2.45, 2.75) is 12.1 Å². The van der Waals surface area contributed by atoms with Crippen molar-refractivity contribution >= 4 is 17.2 Å². The maximum Gasteiger partial charge on any atom is 0.458 e. The van der Waals surface area contributed by atoms with Crippen molar-refractivity contribution in [3.63, 3.8) is 0 Å². The number of nitriles is 1. The van der Waals surface area contributed by atoms with E-state index in [9.17, 15) is 22.0 Å². The van der Waals surface area contributed by atoms with Crippen LogP contribution in [0.3, 0.4) is 0 Å². The van der Waals surface area contributed by atoms with Gasteiger partial charge in [0.05, 0.1) is 11.3 Å². The summed E-state index contributed by atoms with van der Waals surface area (Å²) in [5.74, 6) is -5.86. The van der Waals surface area contributed by atoms with Crippen LogP contribution >= 0.6 is 0 Å². The van der Waals surface area contributed by atoms with Crippen molar-refractivity contribution in [1.82, 2.24) is 0 Å². The molecule has 0 spiro atoms. The molecule has 0 fully saturated rings. The van der Waals surface area contributed by atoms with Gasteiger partial charge >= 0.3 is 12.1 Å². The highest BCUT2D eigenvalue weighted by atomic mass is 19.4. The van der Waals surface area contributed by atoms with Crippen LogP contribution in [0.4, 0.5) is 27.6 Å². The van der Waals surface area contributed by atoms with E-state index < -0.39 is 34.9 Å². The van der Waals surface area contributed by atoms with Crippen molar-refractivity contribution in [2.75, 3.05) is 5.43 Å². The van der Waals surface area contributed by atoms with Gasteiger partial charge < -0.3 is 5.73 Å². The lowest BCUT2D eigenvalue weighted by molar-refractivity contribution is -0.289. The number of anilines is 1. The third-order valence-electron chi connectivity index (χ3n) is 2.27. The first-order valence-electron chi connectivity index (χ1n) is 5.23. The molecule has 0 unspecified atom stereocenters. The summed E-state index contributed by atoms with van der Waals surface area (Å²) < 4.78 is 63.8. The van der Waals surface area contributed by atoms with Crippen LogP contribution < -0.4 is 11.2 Å². The minimum atomic E-state index is -5.78. The van der Waals surface area contributed by atoms with Crippen LogP contribution in [0.5, 0.6) is 0 Å². The Kier molecular flexibility index (Phi) is 4.47. The molecule has 0 aromatic heterocycles. The highest BCUT2D eigenvalue weighted by Crippen LogP contribution is 2.46. The second kappa shape index (κ2) is 5.74. The van der Waals surface area contributed by atoms with Gasteiger partial charge in [0.15, 0.2) is 5.84 Å². The Morgan fingerprint density at radius 2 is 1.81 bits per heavy atom.